The van der Waals surface area contributed by atoms with Gasteiger partial charge in [0, 0.05) is 18.7 Å². The van der Waals surface area contributed by atoms with E-state index in [2.05, 4.69) is 10.6 Å². The molecular formula is C21H20N2O5S. The van der Waals surface area contributed by atoms with Gasteiger partial charge in [0.15, 0.2) is 15.6 Å². The van der Waals surface area contributed by atoms with Gasteiger partial charge >= 0.3 is 0 Å². The van der Waals surface area contributed by atoms with Crippen molar-refractivity contribution < 1.29 is 22.4 Å². The molecular weight excluding hydrogens is 392 g/mol. The highest BCUT2D eigenvalue weighted by Crippen LogP contribution is 2.18. The van der Waals surface area contributed by atoms with Gasteiger partial charge in [-0.15, -0.1) is 0 Å². The van der Waals surface area contributed by atoms with E-state index in [4.69, 9.17) is 4.42 Å². The second-order valence-corrected chi connectivity index (χ2v) is 8.21. The van der Waals surface area contributed by atoms with E-state index >= 15 is 0 Å². The zero-order chi connectivity index (χ0) is 20.7. The third-order valence-corrected chi connectivity index (χ3v) is 5.71. The van der Waals surface area contributed by atoms with Crippen LogP contribution in [0.2, 0.25) is 0 Å². The van der Waals surface area contributed by atoms with Gasteiger partial charge in [-0.1, -0.05) is 36.4 Å². The van der Waals surface area contributed by atoms with Crippen LogP contribution in [0.15, 0.2) is 82.1 Å². The van der Waals surface area contributed by atoms with Crippen molar-refractivity contribution in [2.45, 2.75) is 10.6 Å². The minimum absolute atomic E-state index is 0.0117. The minimum Gasteiger partial charge on any atom is -0.455 e. The van der Waals surface area contributed by atoms with E-state index in [9.17, 15) is 18.0 Å². The number of sulfone groups is 1. The van der Waals surface area contributed by atoms with Crippen LogP contribution in [-0.4, -0.2) is 33.3 Å². The maximum Gasteiger partial charge on any atom is 0.287 e. The lowest BCUT2D eigenvalue weighted by molar-refractivity contribution is 0.0909. The van der Waals surface area contributed by atoms with Crippen LogP contribution in [0, 0.1) is 0 Å². The highest BCUT2D eigenvalue weighted by Gasteiger charge is 2.19. The summed E-state index contributed by atoms with van der Waals surface area (Å²) >= 11 is 0. The van der Waals surface area contributed by atoms with Crippen molar-refractivity contribution in [3.8, 4) is 0 Å². The first-order valence-corrected chi connectivity index (χ1v) is 10.6. The minimum atomic E-state index is -3.56. The lowest BCUT2D eigenvalue weighted by Gasteiger charge is -2.06. The summed E-state index contributed by atoms with van der Waals surface area (Å²) in [5.41, 5.74) is 0.536. The molecule has 0 bridgehead atoms. The van der Waals surface area contributed by atoms with Crippen LogP contribution in [0.5, 0.6) is 0 Å². The maximum absolute atomic E-state index is 12.4. The fraction of sp³-hybridized carbons (Fsp3) is 0.143. The Morgan fingerprint density at radius 3 is 2.00 bits per heavy atom. The number of furan rings is 1. The standard InChI is InChI=1S/C21H20N2O5S/c24-20(16-7-3-1-4-8-16)22-13-14-23-21(25)19-12-11-17(28-19)15-29(26,27)18-9-5-2-6-10-18/h1-12H,13-15H2,(H,22,24)(H,23,25). The molecule has 150 valence electrons. The number of carbonyl (C=O) groups is 2. The Bertz CT molecular complexity index is 1080. The molecule has 3 aromatic rings. The predicted octanol–water partition coefficient (Wildman–Crippen LogP) is 2.41. The molecule has 0 saturated heterocycles. The first-order chi connectivity index (χ1) is 14.0. The van der Waals surface area contributed by atoms with Crippen molar-refractivity contribution in [1.82, 2.24) is 10.6 Å². The van der Waals surface area contributed by atoms with Gasteiger partial charge in [-0.05, 0) is 36.4 Å². The Kier molecular flexibility index (Phi) is 6.46. The third-order valence-electron chi connectivity index (χ3n) is 4.05. The molecule has 3 rings (SSSR count). The number of hydrogen-bond donors (Lipinski definition) is 2. The molecule has 0 saturated carbocycles. The van der Waals surface area contributed by atoms with Crippen molar-refractivity contribution >= 4 is 21.7 Å². The summed E-state index contributed by atoms with van der Waals surface area (Å²) in [7, 11) is -3.56. The zero-order valence-electron chi connectivity index (χ0n) is 15.5. The molecule has 1 heterocycles. The van der Waals surface area contributed by atoms with Crippen LogP contribution < -0.4 is 10.6 Å². The lowest BCUT2D eigenvalue weighted by Crippen LogP contribution is -2.34. The van der Waals surface area contributed by atoms with E-state index in [0.29, 0.717) is 5.56 Å². The zero-order valence-corrected chi connectivity index (χ0v) is 16.3. The molecule has 0 radical (unpaired) electrons. The van der Waals surface area contributed by atoms with Crippen molar-refractivity contribution in [2.24, 2.45) is 0 Å². The summed E-state index contributed by atoms with van der Waals surface area (Å²) in [6.07, 6.45) is 0. The number of carbonyl (C=O) groups excluding carboxylic acids is 2. The molecule has 1 aromatic heterocycles. The molecule has 0 atom stereocenters. The monoisotopic (exact) mass is 412 g/mol. The first kappa shape index (κ1) is 20.3. The Morgan fingerprint density at radius 1 is 0.759 bits per heavy atom. The number of rotatable bonds is 8. The van der Waals surface area contributed by atoms with Gasteiger partial charge in [0.25, 0.3) is 11.8 Å². The van der Waals surface area contributed by atoms with Gasteiger partial charge in [0.2, 0.25) is 0 Å². The molecule has 0 aliphatic rings. The van der Waals surface area contributed by atoms with Crippen LogP contribution in [0.25, 0.3) is 0 Å². The summed E-state index contributed by atoms with van der Waals surface area (Å²) < 4.78 is 30.1. The normalized spacial score (nSPS) is 11.0. The van der Waals surface area contributed by atoms with Crippen LogP contribution in [0.1, 0.15) is 26.7 Å². The molecule has 2 aromatic carbocycles. The molecule has 2 amide bonds. The Labute approximate surface area is 168 Å². The summed E-state index contributed by atoms with van der Waals surface area (Å²) in [5.74, 6) is -0.861. The summed E-state index contributed by atoms with van der Waals surface area (Å²) in [6.45, 7) is 0.450. The Morgan fingerprint density at radius 2 is 1.34 bits per heavy atom. The maximum atomic E-state index is 12.4. The van der Waals surface area contributed by atoms with Gasteiger partial charge < -0.3 is 15.1 Å². The fourth-order valence-corrected chi connectivity index (χ4v) is 3.87. The number of benzene rings is 2. The van der Waals surface area contributed by atoms with Crippen molar-refractivity contribution in [3.05, 3.63) is 89.9 Å². The van der Waals surface area contributed by atoms with Crippen molar-refractivity contribution in [1.29, 1.82) is 0 Å². The Balaban J connectivity index is 1.49. The second-order valence-electron chi connectivity index (χ2n) is 6.22. The molecule has 0 fully saturated rings. The number of hydrogen-bond acceptors (Lipinski definition) is 5. The summed E-state index contributed by atoms with van der Waals surface area (Å²) in [4.78, 5) is 24.2. The molecule has 7 nitrogen and oxygen atoms in total. The number of amides is 2. The van der Waals surface area contributed by atoms with E-state index in [1.165, 1.54) is 24.3 Å². The molecule has 8 heteroatoms. The van der Waals surface area contributed by atoms with Crippen LogP contribution >= 0.6 is 0 Å². The summed E-state index contributed by atoms with van der Waals surface area (Å²) in [5, 5.41) is 5.31. The van der Waals surface area contributed by atoms with Crippen LogP contribution in [-0.2, 0) is 15.6 Å². The SMILES string of the molecule is O=C(NCCNC(=O)c1ccc(CS(=O)(=O)c2ccccc2)o1)c1ccccc1. The first-order valence-electron chi connectivity index (χ1n) is 8.94. The van der Waals surface area contributed by atoms with E-state index in [1.54, 1.807) is 42.5 Å². The smallest absolute Gasteiger partial charge is 0.287 e. The highest BCUT2D eigenvalue weighted by atomic mass is 32.2. The lowest BCUT2D eigenvalue weighted by atomic mass is 10.2. The van der Waals surface area contributed by atoms with Gasteiger partial charge in [-0.2, -0.15) is 0 Å². The molecule has 0 aliphatic carbocycles. The van der Waals surface area contributed by atoms with E-state index in [0.717, 1.165) is 0 Å². The van der Waals surface area contributed by atoms with Crippen molar-refractivity contribution in [3.63, 3.8) is 0 Å². The number of nitrogens with one attached hydrogen (secondary N) is 2. The predicted molar refractivity (Wildman–Crippen MR) is 107 cm³/mol. The second kappa shape index (κ2) is 9.20. The average molecular weight is 412 g/mol. The van der Waals surface area contributed by atoms with Crippen LogP contribution in [0.3, 0.4) is 0 Å². The topological polar surface area (TPSA) is 105 Å². The third kappa shape index (κ3) is 5.55. The van der Waals surface area contributed by atoms with Gasteiger partial charge in [-0.3, -0.25) is 9.59 Å². The van der Waals surface area contributed by atoms with Gasteiger partial charge in [0.1, 0.15) is 11.5 Å². The van der Waals surface area contributed by atoms with E-state index in [-0.39, 0.29) is 41.2 Å². The van der Waals surface area contributed by atoms with Crippen LogP contribution in [0.4, 0.5) is 0 Å². The molecule has 0 aliphatic heterocycles. The van der Waals surface area contributed by atoms with E-state index < -0.39 is 15.7 Å². The Hall–Kier alpha value is -3.39. The molecule has 29 heavy (non-hydrogen) atoms. The summed E-state index contributed by atoms with van der Waals surface area (Å²) in [6, 6.07) is 19.7. The fourth-order valence-electron chi connectivity index (χ4n) is 2.61. The molecule has 0 spiro atoms. The average Bonchev–Trinajstić information content (AvgIpc) is 3.20. The van der Waals surface area contributed by atoms with Crippen molar-refractivity contribution in [2.75, 3.05) is 13.1 Å². The van der Waals surface area contributed by atoms with E-state index in [1.807, 2.05) is 6.07 Å². The molecule has 2 N–H and O–H groups in total. The van der Waals surface area contributed by atoms with Gasteiger partial charge in [0.05, 0.1) is 4.90 Å². The van der Waals surface area contributed by atoms with Gasteiger partial charge in [-0.25, -0.2) is 8.42 Å². The quantitative estimate of drug-likeness (QED) is 0.553. The highest BCUT2D eigenvalue weighted by molar-refractivity contribution is 7.90. The largest absolute Gasteiger partial charge is 0.455 e. The molecule has 0 unspecified atom stereocenters.